The summed E-state index contributed by atoms with van der Waals surface area (Å²) < 4.78 is 23.5. The molecule has 0 fully saturated rings. The van der Waals surface area contributed by atoms with Gasteiger partial charge in [-0.2, -0.15) is 8.78 Å². The Hall–Kier alpha value is -1.22. The predicted molar refractivity (Wildman–Crippen MR) is 53.1 cm³/mol. The van der Waals surface area contributed by atoms with Crippen molar-refractivity contribution in [2.75, 3.05) is 13.6 Å². The molecule has 0 radical (unpaired) electrons. The Kier molecular flexibility index (Phi) is 4.26. The van der Waals surface area contributed by atoms with Gasteiger partial charge in [0.1, 0.15) is 0 Å². The van der Waals surface area contributed by atoms with Gasteiger partial charge in [-0.3, -0.25) is 4.90 Å². The highest BCUT2D eigenvalue weighted by atomic mass is 19.3. The van der Waals surface area contributed by atoms with Crippen LogP contribution in [0.1, 0.15) is 5.56 Å². The van der Waals surface area contributed by atoms with Gasteiger partial charge < -0.3 is 0 Å². The largest absolute Gasteiger partial charge is 0.298 e. The summed E-state index contributed by atoms with van der Waals surface area (Å²) >= 11 is 0. The predicted octanol–water partition coefficient (Wildman–Crippen LogP) is 2.90. The fourth-order valence-electron chi connectivity index (χ4n) is 1.18. The van der Waals surface area contributed by atoms with E-state index in [1.165, 1.54) is 0 Å². The van der Waals surface area contributed by atoms with Crippen molar-refractivity contribution in [3.63, 3.8) is 0 Å². The standard InChI is InChI=1S/C11H13F2N/c1-14(8-7-11(12)13)9-10-5-3-2-4-6-10/h2-7H,8-9H2,1H3. The molecule has 0 aliphatic carbocycles. The maximum absolute atomic E-state index is 11.8. The van der Waals surface area contributed by atoms with Crippen LogP contribution in [0.2, 0.25) is 0 Å². The SMILES string of the molecule is CN(CC=C(F)F)Cc1ccccc1. The van der Waals surface area contributed by atoms with Gasteiger partial charge in [0, 0.05) is 13.1 Å². The molecular weight excluding hydrogens is 184 g/mol. The average Bonchev–Trinajstić information content (AvgIpc) is 2.16. The molecule has 76 valence electrons. The van der Waals surface area contributed by atoms with Crippen LogP contribution in [0.4, 0.5) is 8.78 Å². The summed E-state index contributed by atoms with van der Waals surface area (Å²) in [5.74, 6) is 0. The van der Waals surface area contributed by atoms with E-state index in [-0.39, 0.29) is 6.54 Å². The second-order valence-corrected chi connectivity index (χ2v) is 3.18. The van der Waals surface area contributed by atoms with E-state index in [0.29, 0.717) is 6.54 Å². The van der Waals surface area contributed by atoms with E-state index in [4.69, 9.17) is 0 Å². The van der Waals surface area contributed by atoms with Crippen molar-refractivity contribution < 1.29 is 8.78 Å². The number of benzene rings is 1. The minimum absolute atomic E-state index is 0.275. The average molecular weight is 197 g/mol. The Balaban J connectivity index is 2.42. The first-order valence-corrected chi connectivity index (χ1v) is 4.42. The molecule has 0 N–H and O–H groups in total. The highest BCUT2D eigenvalue weighted by molar-refractivity contribution is 5.14. The number of likely N-dealkylation sites (N-methyl/N-ethyl adjacent to an activating group) is 1. The lowest BCUT2D eigenvalue weighted by molar-refractivity contribution is 0.348. The molecule has 0 amide bonds. The second-order valence-electron chi connectivity index (χ2n) is 3.18. The minimum Gasteiger partial charge on any atom is -0.298 e. The molecular formula is C11H13F2N. The third-order valence-corrected chi connectivity index (χ3v) is 1.85. The molecule has 0 saturated heterocycles. The van der Waals surface area contributed by atoms with E-state index < -0.39 is 6.08 Å². The first-order valence-electron chi connectivity index (χ1n) is 4.42. The second kappa shape index (κ2) is 5.50. The van der Waals surface area contributed by atoms with Gasteiger partial charge in [-0.1, -0.05) is 30.3 Å². The number of rotatable bonds is 4. The Bertz CT molecular complexity index is 291. The lowest BCUT2D eigenvalue weighted by atomic mass is 10.2. The number of halogens is 2. The monoisotopic (exact) mass is 197 g/mol. The first kappa shape index (κ1) is 10.9. The molecule has 3 heteroatoms. The summed E-state index contributed by atoms with van der Waals surface area (Å²) in [5, 5.41) is 0. The molecule has 0 saturated carbocycles. The molecule has 1 nitrogen and oxygen atoms in total. The van der Waals surface area contributed by atoms with Crippen molar-refractivity contribution in [1.82, 2.24) is 4.90 Å². The lowest BCUT2D eigenvalue weighted by Gasteiger charge is -2.13. The molecule has 0 atom stereocenters. The fraction of sp³-hybridized carbons (Fsp3) is 0.273. The third kappa shape index (κ3) is 4.14. The summed E-state index contributed by atoms with van der Waals surface area (Å²) in [7, 11) is 1.81. The van der Waals surface area contributed by atoms with Crippen molar-refractivity contribution in [2.45, 2.75) is 6.54 Å². The van der Waals surface area contributed by atoms with Crippen LogP contribution in [0.5, 0.6) is 0 Å². The van der Waals surface area contributed by atoms with Crippen LogP contribution in [-0.2, 0) is 6.54 Å². The number of nitrogens with zero attached hydrogens (tertiary/aromatic N) is 1. The molecule has 0 bridgehead atoms. The lowest BCUT2D eigenvalue weighted by Crippen LogP contribution is -2.17. The fourth-order valence-corrected chi connectivity index (χ4v) is 1.18. The van der Waals surface area contributed by atoms with E-state index in [0.717, 1.165) is 11.6 Å². The van der Waals surface area contributed by atoms with Gasteiger partial charge in [0.15, 0.2) is 0 Å². The molecule has 0 heterocycles. The van der Waals surface area contributed by atoms with Crippen LogP contribution in [0.3, 0.4) is 0 Å². The topological polar surface area (TPSA) is 3.24 Å². The Morgan fingerprint density at radius 1 is 1.29 bits per heavy atom. The van der Waals surface area contributed by atoms with Gasteiger partial charge in [-0.25, -0.2) is 0 Å². The van der Waals surface area contributed by atoms with Crippen LogP contribution in [0.15, 0.2) is 42.5 Å². The zero-order chi connectivity index (χ0) is 10.4. The zero-order valence-corrected chi connectivity index (χ0v) is 8.08. The van der Waals surface area contributed by atoms with Crippen molar-refractivity contribution in [2.24, 2.45) is 0 Å². The molecule has 1 rings (SSSR count). The van der Waals surface area contributed by atoms with Gasteiger partial charge in [-0.15, -0.1) is 0 Å². The van der Waals surface area contributed by atoms with Gasteiger partial charge in [0.25, 0.3) is 6.08 Å². The smallest absolute Gasteiger partial charge is 0.267 e. The normalized spacial score (nSPS) is 10.3. The van der Waals surface area contributed by atoms with E-state index in [1.807, 2.05) is 42.3 Å². The molecule has 14 heavy (non-hydrogen) atoms. The summed E-state index contributed by atoms with van der Waals surface area (Å²) in [6.45, 7) is 0.960. The van der Waals surface area contributed by atoms with Gasteiger partial charge in [-0.05, 0) is 18.7 Å². The molecule has 0 aliphatic rings. The van der Waals surface area contributed by atoms with Gasteiger partial charge >= 0.3 is 0 Å². The summed E-state index contributed by atoms with van der Waals surface area (Å²) in [5.41, 5.74) is 1.13. The van der Waals surface area contributed by atoms with E-state index in [9.17, 15) is 8.78 Å². The van der Waals surface area contributed by atoms with Gasteiger partial charge in [0.05, 0.1) is 0 Å². The molecule has 1 aromatic carbocycles. The zero-order valence-electron chi connectivity index (χ0n) is 8.08. The highest BCUT2D eigenvalue weighted by Crippen LogP contribution is 2.03. The Labute approximate surface area is 82.7 Å². The van der Waals surface area contributed by atoms with Crippen LogP contribution < -0.4 is 0 Å². The van der Waals surface area contributed by atoms with Crippen LogP contribution >= 0.6 is 0 Å². The van der Waals surface area contributed by atoms with Crippen molar-refractivity contribution in [3.8, 4) is 0 Å². The van der Waals surface area contributed by atoms with E-state index >= 15 is 0 Å². The third-order valence-electron chi connectivity index (χ3n) is 1.85. The molecule has 0 aromatic heterocycles. The van der Waals surface area contributed by atoms with Crippen molar-refractivity contribution >= 4 is 0 Å². The number of hydrogen-bond acceptors (Lipinski definition) is 1. The van der Waals surface area contributed by atoms with Crippen LogP contribution in [-0.4, -0.2) is 18.5 Å². The quantitative estimate of drug-likeness (QED) is 0.717. The van der Waals surface area contributed by atoms with Crippen LogP contribution in [0, 0.1) is 0 Å². The van der Waals surface area contributed by atoms with E-state index in [2.05, 4.69) is 0 Å². The van der Waals surface area contributed by atoms with E-state index in [1.54, 1.807) is 0 Å². The molecule has 0 aliphatic heterocycles. The van der Waals surface area contributed by atoms with Gasteiger partial charge in [0.2, 0.25) is 0 Å². The van der Waals surface area contributed by atoms with Crippen LogP contribution in [0.25, 0.3) is 0 Å². The summed E-state index contributed by atoms with van der Waals surface area (Å²) in [6.07, 6.45) is -0.701. The highest BCUT2D eigenvalue weighted by Gasteiger charge is 1.98. The summed E-state index contributed by atoms with van der Waals surface area (Å²) in [6, 6.07) is 9.77. The first-order chi connectivity index (χ1) is 6.68. The Morgan fingerprint density at radius 3 is 2.50 bits per heavy atom. The minimum atomic E-state index is -1.62. The molecule has 0 spiro atoms. The maximum atomic E-state index is 11.8. The maximum Gasteiger partial charge on any atom is 0.267 e. The molecule has 1 aromatic rings. The van der Waals surface area contributed by atoms with Crippen molar-refractivity contribution in [3.05, 3.63) is 48.1 Å². The number of hydrogen-bond donors (Lipinski definition) is 0. The van der Waals surface area contributed by atoms with Crippen molar-refractivity contribution in [1.29, 1.82) is 0 Å². The molecule has 0 unspecified atom stereocenters. The Morgan fingerprint density at radius 2 is 1.93 bits per heavy atom. The summed E-state index contributed by atoms with van der Waals surface area (Å²) in [4.78, 5) is 1.83.